The lowest BCUT2D eigenvalue weighted by atomic mass is 10.2. The number of carbonyl (C=O) groups is 1. The maximum Gasteiger partial charge on any atom is 0.212 e. The van der Waals surface area contributed by atoms with Crippen LogP contribution >= 0.6 is 0 Å². The summed E-state index contributed by atoms with van der Waals surface area (Å²) in [5.74, 6) is 0.814. The standard InChI is InChI=1S/C15H15OS/c1-17(14-10-6-3-7-11-14)12-15(16)13-8-4-2-5-9-13/h2-11H,12H2,1H3/q+1. The number of rotatable bonds is 4. The van der Waals surface area contributed by atoms with E-state index in [0.717, 1.165) is 5.56 Å². The van der Waals surface area contributed by atoms with Crippen molar-refractivity contribution in [3.63, 3.8) is 0 Å². The third-order valence-corrected chi connectivity index (χ3v) is 4.36. The normalized spacial score (nSPS) is 12.1. The number of hydrogen-bond acceptors (Lipinski definition) is 1. The summed E-state index contributed by atoms with van der Waals surface area (Å²) in [7, 11) is -0.0135. The molecular weight excluding hydrogens is 228 g/mol. The van der Waals surface area contributed by atoms with Crippen LogP contribution < -0.4 is 0 Å². The molecule has 0 aromatic heterocycles. The first-order valence-corrected chi connectivity index (χ1v) is 7.33. The van der Waals surface area contributed by atoms with Gasteiger partial charge in [-0.25, -0.2) is 0 Å². The summed E-state index contributed by atoms with van der Waals surface area (Å²) in [6.07, 6.45) is 2.12. The van der Waals surface area contributed by atoms with E-state index in [9.17, 15) is 4.79 Å². The molecule has 0 amide bonds. The fraction of sp³-hybridized carbons (Fsp3) is 0.133. The average molecular weight is 243 g/mol. The largest absolute Gasteiger partial charge is 0.289 e. The van der Waals surface area contributed by atoms with Crippen LogP contribution in [0.1, 0.15) is 10.4 Å². The molecule has 2 heteroatoms. The predicted molar refractivity (Wildman–Crippen MR) is 73.6 cm³/mol. The van der Waals surface area contributed by atoms with Gasteiger partial charge in [0.1, 0.15) is 6.26 Å². The molecule has 0 N–H and O–H groups in total. The Bertz CT molecular complexity index is 479. The first kappa shape index (κ1) is 11.9. The third-order valence-electron chi connectivity index (χ3n) is 2.59. The summed E-state index contributed by atoms with van der Waals surface area (Å²) in [4.78, 5) is 13.3. The molecule has 1 unspecified atom stereocenters. The summed E-state index contributed by atoms with van der Waals surface area (Å²) in [5, 5.41) is 0. The van der Waals surface area contributed by atoms with Gasteiger partial charge in [0.15, 0.2) is 10.6 Å². The summed E-state index contributed by atoms with van der Waals surface area (Å²) in [6, 6.07) is 19.7. The summed E-state index contributed by atoms with van der Waals surface area (Å²) in [6.45, 7) is 0. The Labute approximate surface area is 105 Å². The summed E-state index contributed by atoms with van der Waals surface area (Å²) < 4.78 is 0. The minimum absolute atomic E-state index is 0.0135. The first-order valence-electron chi connectivity index (χ1n) is 5.53. The highest BCUT2D eigenvalue weighted by atomic mass is 32.2. The molecule has 0 aliphatic heterocycles. The van der Waals surface area contributed by atoms with E-state index in [4.69, 9.17) is 0 Å². The molecule has 0 saturated carbocycles. The van der Waals surface area contributed by atoms with Gasteiger partial charge >= 0.3 is 0 Å². The Morgan fingerprint density at radius 3 is 2.06 bits per heavy atom. The maximum atomic E-state index is 12.0. The van der Waals surface area contributed by atoms with Gasteiger partial charge < -0.3 is 0 Å². The monoisotopic (exact) mass is 243 g/mol. The topological polar surface area (TPSA) is 17.1 Å². The molecule has 0 spiro atoms. The second-order valence-electron chi connectivity index (χ2n) is 3.88. The lowest BCUT2D eigenvalue weighted by molar-refractivity contribution is 0.102. The van der Waals surface area contributed by atoms with E-state index in [0.29, 0.717) is 5.75 Å². The predicted octanol–water partition coefficient (Wildman–Crippen LogP) is 3.18. The molecule has 0 bridgehead atoms. The van der Waals surface area contributed by atoms with Crippen LogP contribution in [0.2, 0.25) is 0 Å². The van der Waals surface area contributed by atoms with Gasteiger partial charge in [0, 0.05) is 16.5 Å². The number of carbonyl (C=O) groups excluding carboxylic acids is 1. The van der Waals surface area contributed by atoms with Crippen molar-refractivity contribution in [3.8, 4) is 0 Å². The number of hydrogen-bond donors (Lipinski definition) is 0. The quantitative estimate of drug-likeness (QED) is 0.595. The van der Waals surface area contributed by atoms with E-state index < -0.39 is 0 Å². The van der Waals surface area contributed by atoms with Gasteiger partial charge in [0.2, 0.25) is 5.78 Å². The number of Topliss-reactive ketones (excluding diaryl/α,β-unsaturated/α-hetero) is 1. The van der Waals surface area contributed by atoms with Crippen molar-refractivity contribution in [2.75, 3.05) is 12.0 Å². The second kappa shape index (κ2) is 5.69. The maximum absolute atomic E-state index is 12.0. The van der Waals surface area contributed by atoms with Gasteiger partial charge in [-0.3, -0.25) is 4.79 Å². The molecule has 1 atom stereocenters. The minimum Gasteiger partial charge on any atom is -0.289 e. The molecule has 0 heterocycles. The van der Waals surface area contributed by atoms with Crippen molar-refractivity contribution < 1.29 is 4.79 Å². The van der Waals surface area contributed by atoms with Crippen LogP contribution in [0, 0.1) is 0 Å². The molecular formula is C15H15OS+. The minimum atomic E-state index is -0.0135. The molecule has 0 fully saturated rings. The summed E-state index contributed by atoms with van der Waals surface area (Å²) in [5.41, 5.74) is 0.808. The Balaban J connectivity index is 2.05. The lowest BCUT2D eigenvalue weighted by Crippen LogP contribution is -2.15. The van der Waals surface area contributed by atoms with Crippen molar-refractivity contribution in [2.24, 2.45) is 0 Å². The highest BCUT2D eigenvalue weighted by molar-refractivity contribution is 7.96. The average Bonchev–Trinajstić information content (AvgIpc) is 2.40. The number of benzene rings is 2. The van der Waals surface area contributed by atoms with E-state index in [1.165, 1.54) is 4.90 Å². The Morgan fingerprint density at radius 2 is 1.47 bits per heavy atom. The zero-order chi connectivity index (χ0) is 12.1. The molecule has 0 aliphatic carbocycles. The molecule has 17 heavy (non-hydrogen) atoms. The van der Waals surface area contributed by atoms with Gasteiger partial charge in [0.25, 0.3) is 0 Å². The van der Waals surface area contributed by atoms with E-state index >= 15 is 0 Å². The van der Waals surface area contributed by atoms with E-state index in [-0.39, 0.29) is 16.7 Å². The van der Waals surface area contributed by atoms with Crippen LogP contribution in [-0.4, -0.2) is 17.8 Å². The number of ketones is 1. The zero-order valence-corrected chi connectivity index (χ0v) is 10.6. The SMILES string of the molecule is C[S+](CC(=O)c1ccccc1)c1ccccc1. The van der Waals surface area contributed by atoms with Gasteiger partial charge in [-0.15, -0.1) is 0 Å². The molecule has 86 valence electrons. The summed E-state index contributed by atoms with van der Waals surface area (Å²) >= 11 is 0. The lowest BCUT2D eigenvalue weighted by Gasteiger charge is -2.02. The molecule has 2 aromatic carbocycles. The van der Waals surface area contributed by atoms with E-state index in [1.807, 2.05) is 48.5 Å². The van der Waals surface area contributed by atoms with Gasteiger partial charge in [-0.05, 0) is 12.1 Å². The van der Waals surface area contributed by atoms with Crippen molar-refractivity contribution in [1.82, 2.24) is 0 Å². The fourth-order valence-electron chi connectivity index (χ4n) is 1.64. The molecule has 2 aromatic rings. The van der Waals surface area contributed by atoms with Crippen molar-refractivity contribution in [2.45, 2.75) is 4.90 Å². The van der Waals surface area contributed by atoms with Crippen molar-refractivity contribution >= 4 is 16.7 Å². The highest BCUT2D eigenvalue weighted by Crippen LogP contribution is 2.12. The molecule has 0 aliphatic rings. The fourth-order valence-corrected chi connectivity index (χ4v) is 2.99. The van der Waals surface area contributed by atoms with Crippen LogP contribution in [-0.2, 0) is 10.9 Å². The van der Waals surface area contributed by atoms with Gasteiger partial charge in [-0.1, -0.05) is 48.5 Å². The highest BCUT2D eigenvalue weighted by Gasteiger charge is 2.20. The molecule has 2 rings (SSSR count). The van der Waals surface area contributed by atoms with Gasteiger partial charge in [0.05, 0.1) is 0 Å². The van der Waals surface area contributed by atoms with Crippen molar-refractivity contribution in [3.05, 3.63) is 66.2 Å². The van der Waals surface area contributed by atoms with Crippen LogP contribution in [0.5, 0.6) is 0 Å². The zero-order valence-electron chi connectivity index (χ0n) is 9.80. The van der Waals surface area contributed by atoms with Gasteiger partial charge in [-0.2, -0.15) is 0 Å². The van der Waals surface area contributed by atoms with Crippen LogP contribution in [0.15, 0.2) is 65.6 Å². The Kier molecular flexibility index (Phi) is 3.99. The Hall–Kier alpha value is -1.54. The third kappa shape index (κ3) is 3.21. The first-order chi connectivity index (χ1) is 8.27. The van der Waals surface area contributed by atoms with Crippen LogP contribution in [0.25, 0.3) is 0 Å². The van der Waals surface area contributed by atoms with E-state index in [1.54, 1.807) is 0 Å². The second-order valence-corrected chi connectivity index (χ2v) is 5.92. The molecule has 0 saturated heterocycles. The Morgan fingerprint density at radius 1 is 0.941 bits per heavy atom. The van der Waals surface area contributed by atoms with Crippen molar-refractivity contribution in [1.29, 1.82) is 0 Å². The van der Waals surface area contributed by atoms with E-state index in [2.05, 4.69) is 18.4 Å². The molecule has 0 radical (unpaired) electrons. The van der Waals surface area contributed by atoms with Crippen LogP contribution in [0.4, 0.5) is 0 Å². The van der Waals surface area contributed by atoms with Crippen LogP contribution in [0.3, 0.4) is 0 Å². The smallest absolute Gasteiger partial charge is 0.212 e. The molecule has 1 nitrogen and oxygen atoms in total.